The molecular weight excluding hydrogens is 159 g/mol. The van der Waals surface area contributed by atoms with Gasteiger partial charge in [0.2, 0.25) is 0 Å². The molecule has 0 spiro atoms. The third-order valence-corrected chi connectivity index (χ3v) is 0.439. The van der Waals surface area contributed by atoms with E-state index in [-0.39, 0.29) is 29.6 Å². The SMILES string of the molecule is NC(=O)NOS(=O)O.[NaH]. The van der Waals surface area contributed by atoms with Crippen LogP contribution in [0.2, 0.25) is 0 Å². The molecule has 9 heavy (non-hydrogen) atoms. The van der Waals surface area contributed by atoms with Crippen LogP contribution in [-0.2, 0) is 15.6 Å². The Morgan fingerprint density at radius 1 is 1.78 bits per heavy atom. The predicted octanol–water partition coefficient (Wildman–Crippen LogP) is -1.93. The molecule has 0 aliphatic heterocycles. The molecule has 1 atom stereocenters. The van der Waals surface area contributed by atoms with Crippen molar-refractivity contribution in [1.82, 2.24) is 5.48 Å². The molecule has 8 heteroatoms. The number of amides is 2. The number of carbonyl (C=O) groups is 1. The second-order valence-electron chi connectivity index (χ2n) is 0.767. The zero-order valence-corrected chi connectivity index (χ0v) is 4.47. The molecule has 0 heterocycles. The van der Waals surface area contributed by atoms with Gasteiger partial charge in [-0.1, -0.05) is 0 Å². The second kappa shape index (κ2) is 6.46. The summed E-state index contributed by atoms with van der Waals surface area (Å²) in [4.78, 5) is 9.64. The Morgan fingerprint density at radius 3 is 2.33 bits per heavy atom. The van der Waals surface area contributed by atoms with Crippen molar-refractivity contribution in [1.29, 1.82) is 0 Å². The average molecular weight is 164 g/mol. The van der Waals surface area contributed by atoms with Crippen LogP contribution >= 0.6 is 0 Å². The van der Waals surface area contributed by atoms with Crippen molar-refractivity contribution in [2.45, 2.75) is 0 Å². The second-order valence-corrected chi connectivity index (χ2v) is 1.37. The normalized spacial score (nSPS) is 11.2. The van der Waals surface area contributed by atoms with Crippen molar-refractivity contribution < 1.29 is 17.8 Å². The van der Waals surface area contributed by atoms with E-state index in [9.17, 15) is 9.00 Å². The molecule has 6 nitrogen and oxygen atoms in total. The van der Waals surface area contributed by atoms with E-state index in [1.54, 1.807) is 0 Å². The van der Waals surface area contributed by atoms with Gasteiger partial charge in [-0.15, -0.1) is 4.28 Å². The number of nitrogens with two attached hydrogens (primary N) is 1. The van der Waals surface area contributed by atoms with Gasteiger partial charge in [0, 0.05) is 0 Å². The Kier molecular flexibility index (Phi) is 8.66. The molecule has 50 valence electrons. The molecule has 0 saturated carbocycles. The molecule has 0 aliphatic carbocycles. The summed E-state index contributed by atoms with van der Waals surface area (Å²) in [6.45, 7) is 0. The van der Waals surface area contributed by atoms with Gasteiger partial charge in [0.15, 0.2) is 0 Å². The number of hydrogen-bond acceptors (Lipinski definition) is 3. The summed E-state index contributed by atoms with van der Waals surface area (Å²) in [5.74, 6) is 0. The monoisotopic (exact) mass is 164 g/mol. The first kappa shape index (κ1) is 12.1. The zero-order chi connectivity index (χ0) is 6.57. The number of nitrogens with one attached hydrogen (secondary N) is 1. The molecule has 0 aliphatic rings. The first-order valence-electron chi connectivity index (χ1n) is 1.46. The maximum absolute atomic E-state index is 9.64. The minimum atomic E-state index is -2.50. The van der Waals surface area contributed by atoms with Crippen LogP contribution in [0, 0.1) is 0 Å². The fourth-order valence-corrected chi connectivity index (χ4v) is 0.230. The van der Waals surface area contributed by atoms with Crippen LogP contribution in [0.25, 0.3) is 0 Å². The topological polar surface area (TPSA) is 102 Å². The van der Waals surface area contributed by atoms with Crippen LogP contribution in [-0.4, -0.2) is 44.4 Å². The van der Waals surface area contributed by atoms with Gasteiger partial charge in [0.05, 0.1) is 0 Å². The van der Waals surface area contributed by atoms with Gasteiger partial charge in [-0.05, 0) is 0 Å². The molecule has 0 radical (unpaired) electrons. The van der Waals surface area contributed by atoms with E-state index in [2.05, 4.69) is 10.0 Å². The summed E-state index contributed by atoms with van der Waals surface area (Å²) in [6, 6.07) is -1.02. The van der Waals surface area contributed by atoms with Crippen molar-refractivity contribution in [2.75, 3.05) is 0 Å². The number of carbonyl (C=O) groups excluding carboxylic acids is 1. The van der Waals surface area contributed by atoms with Crippen LogP contribution in [0.4, 0.5) is 4.79 Å². The molecule has 0 rings (SSSR count). The quantitative estimate of drug-likeness (QED) is 0.251. The zero-order valence-electron chi connectivity index (χ0n) is 3.66. The van der Waals surface area contributed by atoms with Crippen molar-refractivity contribution in [2.24, 2.45) is 5.73 Å². The number of hydrogen-bond donors (Lipinski definition) is 3. The van der Waals surface area contributed by atoms with Crippen LogP contribution in [0.1, 0.15) is 0 Å². The first-order chi connectivity index (χ1) is 3.63. The van der Waals surface area contributed by atoms with Gasteiger partial charge in [-0.2, -0.15) is 9.69 Å². The van der Waals surface area contributed by atoms with Gasteiger partial charge in [-0.25, -0.2) is 4.79 Å². The number of primary amides is 1. The minimum absolute atomic E-state index is 0. The van der Waals surface area contributed by atoms with E-state index < -0.39 is 17.4 Å². The van der Waals surface area contributed by atoms with Gasteiger partial charge in [0.25, 0.3) is 0 Å². The van der Waals surface area contributed by atoms with Gasteiger partial charge in [0.1, 0.15) is 0 Å². The molecule has 1 unspecified atom stereocenters. The molecule has 0 bridgehead atoms. The fraction of sp³-hybridized carbons (Fsp3) is 0. The van der Waals surface area contributed by atoms with Crippen molar-refractivity contribution in [3.05, 3.63) is 0 Å². The number of urea groups is 1. The molecule has 0 aromatic heterocycles. The van der Waals surface area contributed by atoms with E-state index in [0.29, 0.717) is 0 Å². The number of rotatable bonds is 2. The number of hydroxylamine groups is 1. The van der Waals surface area contributed by atoms with Crippen LogP contribution < -0.4 is 11.2 Å². The van der Waals surface area contributed by atoms with E-state index in [1.165, 1.54) is 5.48 Å². The molecule has 0 aromatic carbocycles. The molecule has 0 saturated heterocycles. The van der Waals surface area contributed by atoms with Crippen LogP contribution in [0.3, 0.4) is 0 Å². The summed E-state index contributed by atoms with van der Waals surface area (Å²) in [5, 5.41) is 0. The predicted molar refractivity (Wildman–Crippen MR) is 31.7 cm³/mol. The van der Waals surface area contributed by atoms with Crippen molar-refractivity contribution in [3.8, 4) is 0 Å². The average Bonchev–Trinajstić information content (AvgIpc) is 1.61. The van der Waals surface area contributed by atoms with Gasteiger partial charge >= 0.3 is 46.9 Å². The van der Waals surface area contributed by atoms with E-state index in [0.717, 1.165) is 0 Å². The van der Waals surface area contributed by atoms with E-state index >= 15 is 0 Å². The Balaban J connectivity index is 0. The van der Waals surface area contributed by atoms with Gasteiger partial charge in [-0.3, -0.25) is 4.55 Å². The Labute approximate surface area is 75.9 Å². The summed E-state index contributed by atoms with van der Waals surface area (Å²) in [7, 11) is 0. The molecular formula is CH5N2NaO4S. The van der Waals surface area contributed by atoms with Crippen LogP contribution in [0.5, 0.6) is 0 Å². The molecule has 4 N–H and O–H groups in total. The Morgan fingerprint density at radius 2 is 2.22 bits per heavy atom. The standard InChI is InChI=1S/CH4N2O4S.Na.H/c2-1(4)3-7-8(5)6;;/h(H,5,6)(H3,2,3,4);;. The van der Waals surface area contributed by atoms with Crippen molar-refractivity contribution >= 4 is 46.9 Å². The summed E-state index contributed by atoms with van der Waals surface area (Å²) >= 11 is -2.50. The van der Waals surface area contributed by atoms with E-state index in [1.807, 2.05) is 0 Å². The van der Waals surface area contributed by atoms with E-state index in [4.69, 9.17) is 4.55 Å². The maximum atomic E-state index is 9.64. The first-order valence-corrected chi connectivity index (χ1v) is 2.49. The molecule has 0 fully saturated rings. The van der Waals surface area contributed by atoms with Gasteiger partial charge < -0.3 is 5.73 Å². The summed E-state index contributed by atoms with van der Waals surface area (Å²) in [5.41, 5.74) is 5.85. The molecule has 0 aromatic rings. The third kappa shape index (κ3) is 11.8. The Bertz CT molecular complexity index is 103. The fourth-order valence-electron chi connectivity index (χ4n) is 0.0767. The molecule has 2 amide bonds. The van der Waals surface area contributed by atoms with Crippen molar-refractivity contribution in [3.63, 3.8) is 0 Å². The third-order valence-electron chi connectivity index (χ3n) is 0.214. The summed E-state index contributed by atoms with van der Waals surface area (Å²) < 4.78 is 20.9. The van der Waals surface area contributed by atoms with Crippen LogP contribution in [0.15, 0.2) is 0 Å². The Hall–Kier alpha value is 0.340. The summed E-state index contributed by atoms with van der Waals surface area (Å²) in [6.07, 6.45) is 0.